The molecule has 1 aromatic heterocycles. The summed E-state index contributed by atoms with van der Waals surface area (Å²) in [6.45, 7) is 5.79. The van der Waals surface area contributed by atoms with Crippen LogP contribution in [0.5, 0.6) is 0 Å². The van der Waals surface area contributed by atoms with Crippen molar-refractivity contribution in [3.8, 4) is 0 Å². The van der Waals surface area contributed by atoms with E-state index in [4.69, 9.17) is 0 Å². The third-order valence-corrected chi connectivity index (χ3v) is 4.21. The van der Waals surface area contributed by atoms with Crippen molar-refractivity contribution in [3.05, 3.63) is 58.3 Å². The summed E-state index contributed by atoms with van der Waals surface area (Å²) < 4.78 is 3.71. The van der Waals surface area contributed by atoms with Crippen molar-refractivity contribution in [2.45, 2.75) is 45.3 Å². The molecule has 1 unspecified atom stereocenters. The van der Waals surface area contributed by atoms with Gasteiger partial charge >= 0.3 is 5.69 Å². The molecule has 4 heteroatoms. The van der Waals surface area contributed by atoms with E-state index in [1.165, 1.54) is 11.1 Å². The lowest BCUT2D eigenvalue weighted by Crippen LogP contribution is -2.31. The summed E-state index contributed by atoms with van der Waals surface area (Å²) in [7, 11) is 0. The first-order chi connectivity index (χ1) is 10.2. The Kier molecular flexibility index (Phi) is 3.97. The fourth-order valence-corrected chi connectivity index (χ4v) is 2.89. The Balaban J connectivity index is 1.85. The topological polar surface area (TPSA) is 39.0 Å². The molecule has 1 aliphatic carbocycles. The maximum Gasteiger partial charge on any atom is 0.328 e. The summed E-state index contributed by atoms with van der Waals surface area (Å²) in [5, 5.41) is 3.50. The van der Waals surface area contributed by atoms with Gasteiger partial charge in [0.15, 0.2) is 0 Å². The van der Waals surface area contributed by atoms with Crippen molar-refractivity contribution in [1.82, 2.24) is 14.5 Å². The fraction of sp³-hybridized carbons (Fsp3) is 0.471. The highest BCUT2D eigenvalue weighted by Gasteiger charge is 2.26. The van der Waals surface area contributed by atoms with Crippen LogP contribution in [0.1, 0.15) is 43.0 Å². The number of aromatic nitrogens is 2. The van der Waals surface area contributed by atoms with Crippen LogP contribution in [0.4, 0.5) is 0 Å². The van der Waals surface area contributed by atoms with Gasteiger partial charge in [0.25, 0.3) is 0 Å². The van der Waals surface area contributed by atoms with Crippen molar-refractivity contribution in [3.63, 3.8) is 0 Å². The molecule has 1 aromatic carbocycles. The van der Waals surface area contributed by atoms with Gasteiger partial charge in [0, 0.05) is 25.0 Å². The summed E-state index contributed by atoms with van der Waals surface area (Å²) in [6.07, 6.45) is 6.13. The molecule has 3 rings (SSSR count). The van der Waals surface area contributed by atoms with Crippen LogP contribution < -0.4 is 11.0 Å². The number of rotatable bonds is 6. The number of hydrogen-bond acceptors (Lipinski definition) is 2. The van der Waals surface area contributed by atoms with E-state index in [1.54, 1.807) is 0 Å². The summed E-state index contributed by atoms with van der Waals surface area (Å²) in [6, 6.07) is 8.99. The molecule has 1 heterocycles. The van der Waals surface area contributed by atoms with Crippen molar-refractivity contribution in [2.75, 3.05) is 6.54 Å². The number of nitrogens with zero attached hydrogens (tertiary/aromatic N) is 2. The van der Waals surface area contributed by atoms with Crippen LogP contribution in [0.3, 0.4) is 0 Å². The standard InChI is InChI=1S/C17H23N3O/c1-3-18-16(15-7-5-4-6-13(15)2)12-19-10-11-20(17(19)21)14-8-9-14/h4-7,10-11,14,16,18H,3,8-9,12H2,1-2H3. The van der Waals surface area contributed by atoms with Crippen LogP contribution in [0.25, 0.3) is 0 Å². The molecule has 0 aliphatic heterocycles. The van der Waals surface area contributed by atoms with E-state index in [0.717, 1.165) is 19.4 Å². The van der Waals surface area contributed by atoms with Crippen LogP contribution in [0.2, 0.25) is 0 Å². The zero-order chi connectivity index (χ0) is 14.8. The number of nitrogens with one attached hydrogen (secondary N) is 1. The van der Waals surface area contributed by atoms with Gasteiger partial charge in [-0.25, -0.2) is 4.79 Å². The largest absolute Gasteiger partial charge is 0.328 e. The maximum absolute atomic E-state index is 12.4. The van der Waals surface area contributed by atoms with Crippen molar-refractivity contribution in [2.24, 2.45) is 0 Å². The van der Waals surface area contributed by atoms with Crippen LogP contribution in [-0.2, 0) is 6.54 Å². The quantitative estimate of drug-likeness (QED) is 0.886. The van der Waals surface area contributed by atoms with Gasteiger partial charge in [-0.1, -0.05) is 31.2 Å². The van der Waals surface area contributed by atoms with Gasteiger partial charge < -0.3 is 5.32 Å². The Morgan fingerprint density at radius 2 is 2.05 bits per heavy atom. The molecular weight excluding hydrogens is 262 g/mol. The summed E-state index contributed by atoms with van der Waals surface area (Å²) >= 11 is 0. The van der Waals surface area contributed by atoms with Crippen molar-refractivity contribution >= 4 is 0 Å². The fourth-order valence-electron chi connectivity index (χ4n) is 2.89. The minimum absolute atomic E-state index is 0.119. The second-order valence-electron chi connectivity index (χ2n) is 5.84. The minimum atomic E-state index is 0.119. The maximum atomic E-state index is 12.4. The lowest BCUT2D eigenvalue weighted by molar-refractivity contribution is 0.460. The first kappa shape index (κ1) is 14.1. The molecule has 0 saturated heterocycles. The number of hydrogen-bond donors (Lipinski definition) is 1. The van der Waals surface area contributed by atoms with Crippen LogP contribution in [-0.4, -0.2) is 15.7 Å². The van der Waals surface area contributed by atoms with Gasteiger partial charge in [0.1, 0.15) is 0 Å². The summed E-state index contributed by atoms with van der Waals surface area (Å²) in [5.41, 5.74) is 2.65. The number of benzene rings is 1. The molecule has 1 atom stereocenters. The first-order valence-electron chi connectivity index (χ1n) is 7.77. The summed E-state index contributed by atoms with van der Waals surface area (Å²) in [4.78, 5) is 12.4. The highest BCUT2D eigenvalue weighted by Crippen LogP contribution is 2.33. The molecule has 2 aromatic rings. The molecule has 1 aliphatic rings. The van der Waals surface area contributed by atoms with E-state index in [1.807, 2.05) is 21.5 Å². The van der Waals surface area contributed by atoms with Gasteiger partial charge in [-0.15, -0.1) is 0 Å². The molecule has 21 heavy (non-hydrogen) atoms. The molecule has 1 fully saturated rings. The SMILES string of the molecule is CCNC(Cn1ccn(C2CC2)c1=O)c1ccccc1C. The van der Waals surface area contributed by atoms with E-state index < -0.39 is 0 Å². The van der Waals surface area contributed by atoms with E-state index in [2.05, 4.69) is 43.4 Å². The molecule has 0 radical (unpaired) electrons. The van der Waals surface area contributed by atoms with E-state index in [0.29, 0.717) is 12.6 Å². The third kappa shape index (κ3) is 2.95. The molecule has 112 valence electrons. The predicted molar refractivity (Wildman–Crippen MR) is 84.6 cm³/mol. The van der Waals surface area contributed by atoms with E-state index in [9.17, 15) is 4.79 Å². The average Bonchev–Trinajstić information content (AvgIpc) is 3.25. The van der Waals surface area contributed by atoms with Crippen LogP contribution in [0, 0.1) is 6.92 Å². The molecule has 0 amide bonds. The van der Waals surface area contributed by atoms with Crippen molar-refractivity contribution in [1.29, 1.82) is 0 Å². The highest BCUT2D eigenvalue weighted by molar-refractivity contribution is 5.28. The van der Waals surface area contributed by atoms with Gasteiger partial charge in [0.2, 0.25) is 0 Å². The van der Waals surface area contributed by atoms with Gasteiger partial charge in [-0.3, -0.25) is 9.13 Å². The summed E-state index contributed by atoms with van der Waals surface area (Å²) in [5.74, 6) is 0. The Labute approximate surface area is 125 Å². The zero-order valence-corrected chi connectivity index (χ0v) is 12.7. The monoisotopic (exact) mass is 285 g/mol. The third-order valence-electron chi connectivity index (χ3n) is 4.21. The lowest BCUT2D eigenvalue weighted by atomic mass is 10.0. The molecule has 0 bridgehead atoms. The minimum Gasteiger partial charge on any atom is -0.309 e. The second-order valence-corrected chi connectivity index (χ2v) is 5.84. The molecular formula is C17H23N3O. The number of likely N-dealkylation sites (N-methyl/N-ethyl adjacent to an activating group) is 1. The van der Waals surface area contributed by atoms with Gasteiger partial charge in [0.05, 0.1) is 6.04 Å². The van der Waals surface area contributed by atoms with Gasteiger partial charge in [-0.05, 0) is 37.4 Å². The Hall–Kier alpha value is -1.81. The smallest absolute Gasteiger partial charge is 0.309 e. The molecule has 1 saturated carbocycles. The van der Waals surface area contributed by atoms with E-state index >= 15 is 0 Å². The molecule has 0 spiro atoms. The van der Waals surface area contributed by atoms with Crippen LogP contribution >= 0.6 is 0 Å². The van der Waals surface area contributed by atoms with E-state index in [-0.39, 0.29) is 11.7 Å². The Morgan fingerprint density at radius 1 is 1.29 bits per heavy atom. The Bertz CT molecular complexity index is 667. The average molecular weight is 285 g/mol. The molecule has 1 N–H and O–H groups in total. The Morgan fingerprint density at radius 3 is 2.71 bits per heavy atom. The zero-order valence-electron chi connectivity index (χ0n) is 12.7. The number of imidazole rings is 1. The lowest BCUT2D eigenvalue weighted by Gasteiger charge is -2.20. The number of aryl methyl sites for hydroxylation is 1. The van der Waals surface area contributed by atoms with Crippen LogP contribution in [0.15, 0.2) is 41.5 Å². The molecule has 4 nitrogen and oxygen atoms in total. The predicted octanol–water partition coefficient (Wildman–Crippen LogP) is 2.64. The van der Waals surface area contributed by atoms with Gasteiger partial charge in [-0.2, -0.15) is 0 Å². The highest BCUT2D eigenvalue weighted by atomic mass is 16.1. The second kappa shape index (κ2) is 5.90. The normalized spacial score (nSPS) is 16.1. The first-order valence-corrected chi connectivity index (χ1v) is 7.77. The van der Waals surface area contributed by atoms with Crippen molar-refractivity contribution < 1.29 is 0 Å².